The highest BCUT2D eigenvalue weighted by Crippen LogP contribution is 2.18. The summed E-state index contributed by atoms with van der Waals surface area (Å²) in [6.07, 6.45) is 0.400. The first-order valence-electron chi connectivity index (χ1n) is 9.97. The SMILES string of the molecule is CC(C)CC(=O)Nc1ccc(NC(=O)[C@@H](NS(=O)(=O)c2ccccc2F)C(C)C)cc1. The first-order valence-corrected chi connectivity index (χ1v) is 11.5. The molecule has 7 nitrogen and oxygen atoms in total. The van der Waals surface area contributed by atoms with Gasteiger partial charge in [0.1, 0.15) is 16.8 Å². The van der Waals surface area contributed by atoms with Gasteiger partial charge in [-0.25, -0.2) is 12.8 Å². The Bertz CT molecular complexity index is 1020. The van der Waals surface area contributed by atoms with E-state index >= 15 is 0 Å². The second-order valence-electron chi connectivity index (χ2n) is 7.99. The van der Waals surface area contributed by atoms with Crippen LogP contribution in [0.5, 0.6) is 0 Å². The second-order valence-corrected chi connectivity index (χ2v) is 9.67. The van der Waals surface area contributed by atoms with Gasteiger partial charge in [-0.1, -0.05) is 39.8 Å². The van der Waals surface area contributed by atoms with E-state index in [4.69, 9.17) is 0 Å². The molecule has 0 aromatic heterocycles. The van der Waals surface area contributed by atoms with Crippen LogP contribution in [0, 0.1) is 17.7 Å². The van der Waals surface area contributed by atoms with Crippen LogP contribution in [0.2, 0.25) is 0 Å². The van der Waals surface area contributed by atoms with Crippen LogP contribution >= 0.6 is 0 Å². The molecule has 31 heavy (non-hydrogen) atoms. The lowest BCUT2D eigenvalue weighted by molar-refractivity contribution is -0.118. The van der Waals surface area contributed by atoms with Crippen molar-refractivity contribution in [3.05, 3.63) is 54.3 Å². The minimum Gasteiger partial charge on any atom is -0.326 e. The Morgan fingerprint density at radius 3 is 1.97 bits per heavy atom. The molecule has 2 aromatic carbocycles. The molecule has 2 rings (SSSR count). The number of halogens is 1. The van der Waals surface area contributed by atoms with E-state index in [0.717, 1.165) is 12.1 Å². The van der Waals surface area contributed by atoms with Gasteiger partial charge in [-0.05, 0) is 48.2 Å². The topological polar surface area (TPSA) is 104 Å². The number of sulfonamides is 1. The van der Waals surface area contributed by atoms with Crippen LogP contribution in [0.3, 0.4) is 0 Å². The molecule has 0 unspecified atom stereocenters. The lowest BCUT2D eigenvalue weighted by atomic mass is 10.0. The van der Waals surface area contributed by atoms with Crippen molar-refractivity contribution in [1.29, 1.82) is 0 Å². The third kappa shape index (κ3) is 7.15. The number of hydrogen-bond acceptors (Lipinski definition) is 4. The Labute approximate surface area is 182 Å². The van der Waals surface area contributed by atoms with Crippen molar-refractivity contribution >= 4 is 33.2 Å². The fourth-order valence-electron chi connectivity index (χ4n) is 2.83. The Morgan fingerprint density at radius 2 is 1.45 bits per heavy atom. The smallest absolute Gasteiger partial charge is 0.244 e. The van der Waals surface area contributed by atoms with E-state index in [2.05, 4.69) is 15.4 Å². The summed E-state index contributed by atoms with van der Waals surface area (Å²) in [6, 6.07) is 10.3. The number of carbonyl (C=O) groups is 2. The molecular weight excluding hydrogens is 421 g/mol. The Hall–Kier alpha value is -2.78. The third-order valence-electron chi connectivity index (χ3n) is 4.39. The normalized spacial score (nSPS) is 12.6. The van der Waals surface area contributed by atoms with Gasteiger partial charge in [0.2, 0.25) is 21.8 Å². The summed E-state index contributed by atoms with van der Waals surface area (Å²) in [5.74, 6) is -1.73. The predicted octanol–water partition coefficient (Wildman–Crippen LogP) is 3.75. The van der Waals surface area contributed by atoms with Crippen molar-refractivity contribution in [2.45, 2.75) is 45.1 Å². The fourth-order valence-corrected chi connectivity index (χ4v) is 4.25. The second kappa shape index (κ2) is 10.5. The number of amides is 2. The third-order valence-corrected chi connectivity index (χ3v) is 5.86. The van der Waals surface area contributed by atoms with Gasteiger partial charge >= 0.3 is 0 Å². The largest absolute Gasteiger partial charge is 0.326 e. The molecule has 0 radical (unpaired) electrons. The van der Waals surface area contributed by atoms with Gasteiger partial charge in [-0.3, -0.25) is 9.59 Å². The molecule has 0 heterocycles. The minimum atomic E-state index is -4.24. The first-order chi connectivity index (χ1) is 14.5. The fraction of sp³-hybridized carbons (Fsp3) is 0.364. The van der Waals surface area contributed by atoms with Crippen LogP contribution in [-0.4, -0.2) is 26.3 Å². The maximum atomic E-state index is 13.9. The molecule has 0 saturated heterocycles. The molecule has 0 saturated carbocycles. The van der Waals surface area contributed by atoms with Crippen molar-refractivity contribution in [2.24, 2.45) is 11.8 Å². The van der Waals surface area contributed by atoms with Gasteiger partial charge in [-0.15, -0.1) is 0 Å². The van der Waals surface area contributed by atoms with Gasteiger partial charge in [0.25, 0.3) is 0 Å². The van der Waals surface area contributed by atoms with E-state index in [9.17, 15) is 22.4 Å². The van der Waals surface area contributed by atoms with Crippen LogP contribution in [-0.2, 0) is 19.6 Å². The van der Waals surface area contributed by atoms with Crippen molar-refractivity contribution in [3.8, 4) is 0 Å². The van der Waals surface area contributed by atoms with Crippen molar-refractivity contribution in [2.75, 3.05) is 10.6 Å². The molecule has 2 aromatic rings. The molecule has 1 atom stereocenters. The molecule has 2 amide bonds. The zero-order valence-electron chi connectivity index (χ0n) is 18.0. The Balaban J connectivity index is 2.09. The number of hydrogen-bond donors (Lipinski definition) is 3. The van der Waals surface area contributed by atoms with Gasteiger partial charge in [0.15, 0.2) is 0 Å². The van der Waals surface area contributed by atoms with Gasteiger partial charge in [0.05, 0.1) is 0 Å². The van der Waals surface area contributed by atoms with Crippen molar-refractivity contribution in [1.82, 2.24) is 4.72 Å². The zero-order valence-corrected chi connectivity index (χ0v) is 18.8. The monoisotopic (exact) mass is 449 g/mol. The number of rotatable bonds is 9. The van der Waals surface area contributed by atoms with E-state index < -0.39 is 38.6 Å². The average molecular weight is 450 g/mol. The van der Waals surface area contributed by atoms with Crippen LogP contribution in [0.15, 0.2) is 53.4 Å². The summed E-state index contributed by atoms with van der Waals surface area (Å²) < 4.78 is 41.4. The highest BCUT2D eigenvalue weighted by molar-refractivity contribution is 7.89. The van der Waals surface area contributed by atoms with E-state index in [-0.39, 0.29) is 11.8 Å². The van der Waals surface area contributed by atoms with Crippen LogP contribution in [0.1, 0.15) is 34.1 Å². The number of carbonyl (C=O) groups excluding carboxylic acids is 2. The van der Waals surface area contributed by atoms with Crippen LogP contribution in [0.4, 0.5) is 15.8 Å². The molecule has 168 valence electrons. The highest BCUT2D eigenvalue weighted by atomic mass is 32.2. The van der Waals surface area contributed by atoms with Gasteiger partial charge < -0.3 is 10.6 Å². The van der Waals surface area contributed by atoms with Crippen LogP contribution in [0.25, 0.3) is 0 Å². The first kappa shape index (κ1) is 24.5. The maximum Gasteiger partial charge on any atom is 0.244 e. The summed E-state index contributed by atoms with van der Waals surface area (Å²) >= 11 is 0. The molecule has 0 spiro atoms. The predicted molar refractivity (Wildman–Crippen MR) is 119 cm³/mol. The van der Waals surface area contributed by atoms with E-state index in [0.29, 0.717) is 17.8 Å². The zero-order chi connectivity index (χ0) is 23.2. The van der Waals surface area contributed by atoms with E-state index in [1.54, 1.807) is 38.1 Å². The number of nitrogens with one attached hydrogen (secondary N) is 3. The van der Waals surface area contributed by atoms with Gasteiger partial charge in [-0.2, -0.15) is 4.72 Å². The average Bonchev–Trinajstić information content (AvgIpc) is 2.67. The molecule has 0 aliphatic rings. The summed E-state index contributed by atoms with van der Waals surface area (Å²) in [5, 5.41) is 5.42. The van der Waals surface area contributed by atoms with E-state index in [1.807, 2.05) is 13.8 Å². The summed E-state index contributed by atoms with van der Waals surface area (Å²) in [5.41, 5.74) is 1.02. The molecule has 3 N–H and O–H groups in total. The van der Waals surface area contributed by atoms with Gasteiger partial charge in [0, 0.05) is 17.8 Å². The number of benzene rings is 2. The molecular formula is C22H28FN3O4S. The summed E-state index contributed by atoms with van der Waals surface area (Å²) in [7, 11) is -4.24. The summed E-state index contributed by atoms with van der Waals surface area (Å²) in [4.78, 5) is 24.1. The molecule has 0 bridgehead atoms. The molecule has 0 aliphatic heterocycles. The highest BCUT2D eigenvalue weighted by Gasteiger charge is 2.29. The lowest BCUT2D eigenvalue weighted by Gasteiger charge is -2.22. The standard InChI is InChI=1S/C22H28FN3O4S/c1-14(2)13-20(27)24-16-9-11-17(12-10-16)25-22(28)21(15(3)4)26-31(29,30)19-8-6-5-7-18(19)23/h5-12,14-15,21,26H,13H2,1-4H3,(H,24,27)(H,25,28)/t21-/m0/s1. The van der Waals surface area contributed by atoms with E-state index in [1.165, 1.54) is 12.1 Å². The lowest BCUT2D eigenvalue weighted by Crippen LogP contribution is -2.47. The molecule has 9 heteroatoms. The van der Waals surface area contributed by atoms with Crippen LogP contribution < -0.4 is 15.4 Å². The molecule has 0 aliphatic carbocycles. The minimum absolute atomic E-state index is 0.103. The molecule has 0 fully saturated rings. The number of anilines is 2. The Morgan fingerprint density at radius 1 is 0.903 bits per heavy atom. The quantitative estimate of drug-likeness (QED) is 0.542. The summed E-state index contributed by atoms with van der Waals surface area (Å²) in [6.45, 7) is 7.26. The van der Waals surface area contributed by atoms with Crippen molar-refractivity contribution < 1.29 is 22.4 Å². The maximum absolute atomic E-state index is 13.9. The Kier molecular flexibility index (Phi) is 8.29. The van der Waals surface area contributed by atoms with Crippen molar-refractivity contribution in [3.63, 3.8) is 0 Å².